The van der Waals surface area contributed by atoms with Crippen LogP contribution in [-0.2, 0) is 9.84 Å². The summed E-state index contributed by atoms with van der Waals surface area (Å²) in [5.41, 5.74) is 5.36. The maximum Gasteiger partial charge on any atom is 0.151 e. The minimum atomic E-state index is -2.91. The lowest BCUT2D eigenvalue weighted by Crippen LogP contribution is -2.36. The molecule has 13 heavy (non-hydrogen) atoms. The number of nitrogens with two attached hydrogens (primary N) is 1. The molecule has 0 aromatic carbocycles. The van der Waals surface area contributed by atoms with E-state index in [-0.39, 0.29) is 11.3 Å². The quantitative estimate of drug-likeness (QED) is 0.631. The molecule has 80 valence electrons. The maximum absolute atomic E-state index is 11.0. The molecular formula is C8H20N2O2S. The van der Waals surface area contributed by atoms with Crippen molar-refractivity contribution in [1.82, 2.24) is 5.32 Å². The summed E-state index contributed by atoms with van der Waals surface area (Å²) in [4.78, 5) is 0. The van der Waals surface area contributed by atoms with E-state index < -0.39 is 9.84 Å². The highest BCUT2D eigenvalue weighted by atomic mass is 32.2. The Morgan fingerprint density at radius 3 is 2.31 bits per heavy atom. The lowest BCUT2D eigenvalue weighted by atomic mass is 10.2. The minimum Gasteiger partial charge on any atom is -0.330 e. The Bertz CT molecular complexity index is 226. The molecule has 0 aromatic heterocycles. The zero-order chi connectivity index (χ0) is 10.5. The van der Waals surface area contributed by atoms with Gasteiger partial charge in [-0.1, -0.05) is 0 Å². The number of hydrogen-bond donors (Lipinski definition) is 2. The summed E-state index contributed by atoms with van der Waals surface area (Å²) in [5, 5.41) is 2.80. The Kier molecular flexibility index (Phi) is 5.51. The predicted octanol–water partition coefficient (Wildman–Crippen LogP) is -0.254. The van der Waals surface area contributed by atoms with Crippen molar-refractivity contribution in [2.24, 2.45) is 5.73 Å². The third-order valence-corrected chi connectivity index (χ3v) is 3.71. The first-order valence-corrected chi connectivity index (χ1v) is 6.45. The highest BCUT2D eigenvalue weighted by Gasteiger charge is 2.14. The topological polar surface area (TPSA) is 72.2 Å². The van der Waals surface area contributed by atoms with E-state index in [0.717, 1.165) is 6.42 Å². The van der Waals surface area contributed by atoms with Crippen molar-refractivity contribution >= 4 is 9.84 Å². The van der Waals surface area contributed by atoms with Crippen molar-refractivity contribution in [3.05, 3.63) is 0 Å². The molecule has 0 saturated carbocycles. The van der Waals surface area contributed by atoms with Gasteiger partial charge in [0.25, 0.3) is 0 Å². The fraction of sp³-hybridized carbons (Fsp3) is 1.00. The molecular weight excluding hydrogens is 188 g/mol. The second-order valence-corrected chi connectivity index (χ2v) is 5.99. The average Bonchev–Trinajstić information content (AvgIpc) is 1.99. The Balaban J connectivity index is 3.77. The van der Waals surface area contributed by atoms with E-state index in [2.05, 4.69) is 5.32 Å². The van der Waals surface area contributed by atoms with E-state index >= 15 is 0 Å². The first-order valence-electron chi connectivity index (χ1n) is 4.50. The lowest BCUT2D eigenvalue weighted by Gasteiger charge is -2.15. The van der Waals surface area contributed by atoms with Crippen LogP contribution < -0.4 is 11.1 Å². The fourth-order valence-electron chi connectivity index (χ4n) is 0.871. The molecule has 5 heteroatoms. The molecule has 0 fully saturated rings. The number of sulfone groups is 1. The van der Waals surface area contributed by atoms with Crippen LogP contribution in [0.5, 0.6) is 0 Å². The molecule has 0 bridgehead atoms. The molecule has 0 radical (unpaired) electrons. The molecule has 0 aromatic rings. The summed E-state index contributed by atoms with van der Waals surface area (Å²) in [6, 6.07) is 0.286. The van der Waals surface area contributed by atoms with Crippen LogP contribution >= 0.6 is 0 Å². The van der Waals surface area contributed by atoms with Gasteiger partial charge < -0.3 is 11.1 Å². The molecule has 0 spiro atoms. The van der Waals surface area contributed by atoms with Gasteiger partial charge in [-0.2, -0.15) is 0 Å². The number of nitrogens with one attached hydrogen (secondary N) is 1. The van der Waals surface area contributed by atoms with Crippen LogP contribution in [-0.4, -0.2) is 39.1 Å². The van der Waals surface area contributed by atoms with Crippen LogP contribution in [0, 0.1) is 0 Å². The van der Waals surface area contributed by atoms with Crippen molar-refractivity contribution in [3.63, 3.8) is 0 Å². The number of hydrogen-bond acceptors (Lipinski definition) is 4. The molecule has 0 amide bonds. The Morgan fingerprint density at radius 2 is 1.92 bits per heavy atom. The smallest absolute Gasteiger partial charge is 0.151 e. The Morgan fingerprint density at radius 1 is 1.38 bits per heavy atom. The van der Waals surface area contributed by atoms with E-state index in [9.17, 15) is 8.42 Å². The second kappa shape index (κ2) is 5.57. The molecule has 4 nitrogen and oxygen atoms in total. The molecule has 2 unspecified atom stereocenters. The molecule has 0 heterocycles. The summed E-state index contributed by atoms with van der Waals surface area (Å²) >= 11 is 0. The van der Waals surface area contributed by atoms with E-state index in [1.807, 2.05) is 6.92 Å². The molecule has 2 atom stereocenters. The van der Waals surface area contributed by atoms with Gasteiger partial charge >= 0.3 is 0 Å². The van der Waals surface area contributed by atoms with Crippen molar-refractivity contribution in [1.29, 1.82) is 0 Å². The SMILES string of the molecule is CC(CCN)NCC(C)S(C)(=O)=O. The highest BCUT2D eigenvalue weighted by molar-refractivity contribution is 7.91. The molecule has 0 aliphatic carbocycles. The average molecular weight is 208 g/mol. The monoisotopic (exact) mass is 208 g/mol. The van der Waals surface area contributed by atoms with Gasteiger partial charge in [0, 0.05) is 18.8 Å². The van der Waals surface area contributed by atoms with Gasteiger partial charge in [0.2, 0.25) is 0 Å². The summed E-state index contributed by atoms with van der Waals surface area (Å²) in [6.07, 6.45) is 2.13. The zero-order valence-electron chi connectivity index (χ0n) is 8.58. The summed E-state index contributed by atoms with van der Waals surface area (Å²) < 4.78 is 22.1. The number of rotatable bonds is 6. The van der Waals surface area contributed by atoms with E-state index in [0.29, 0.717) is 13.1 Å². The zero-order valence-corrected chi connectivity index (χ0v) is 9.39. The normalized spacial score (nSPS) is 16.9. The third-order valence-electron chi connectivity index (χ3n) is 2.08. The Labute approximate surface area is 80.8 Å². The Hall–Kier alpha value is -0.130. The molecule has 0 aliphatic rings. The van der Waals surface area contributed by atoms with Crippen LogP contribution in [0.2, 0.25) is 0 Å². The van der Waals surface area contributed by atoms with E-state index in [1.54, 1.807) is 6.92 Å². The molecule has 3 N–H and O–H groups in total. The van der Waals surface area contributed by atoms with Gasteiger partial charge in [0.1, 0.15) is 0 Å². The first kappa shape index (κ1) is 12.9. The summed E-state index contributed by atoms with van der Waals surface area (Å²) in [6.45, 7) is 4.83. The van der Waals surface area contributed by atoms with Crippen LogP contribution in [0.15, 0.2) is 0 Å². The molecule has 0 rings (SSSR count). The summed E-state index contributed by atoms with van der Waals surface area (Å²) in [5.74, 6) is 0. The largest absolute Gasteiger partial charge is 0.330 e. The van der Waals surface area contributed by atoms with Gasteiger partial charge in [0.05, 0.1) is 5.25 Å². The maximum atomic E-state index is 11.0. The van der Waals surface area contributed by atoms with Gasteiger partial charge in [-0.15, -0.1) is 0 Å². The highest BCUT2D eigenvalue weighted by Crippen LogP contribution is 1.97. The van der Waals surface area contributed by atoms with E-state index in [1.165, 1.54) is 6.26 Å². The second-order valence-electron chi connectivity index (χ2n) is 3.53. The van der Waals surface area contributed by atoms with Gasteiger partial charge in [0.15, 0.2) is 9.84 Å². The first-order chi connectivity index (χ1) is 5.88. The lowest BCUT2D eigenvalue weighted by molar-refractivity contribution is 0.511. The van der Waals surface area contributed by atoms with Crippen molar-refractivity contribution < 1.29 is 8.42 Å². The van der Waals surface area contributed by atoms with Crippen LogP contribution in [0.4, 0.5) is 0 Å². The van der Waals surface area contributed by atoms with Crippen LogP contribution in [0.1, 0.15) is 20.3 Å². The van der Waals surface area contributed by atoms with Gasteiger partial charge in [-0.25, -0.2) is 8.42 Å². The fourth-order valence-corrected chi connectivity index (χ4v) is 1.27. The van der Waals surface area contributed by atoms with E-state index in [4.69, 9.17) is 5.73 Å². The minimum absolute atomic E-state index is 0.286. The van der Waals surface area contributed by atoms with Crippen molar-refractivity contribution in [2.45, 2.75) is 31.6 Å². The van der Waals surface area contributed by atoms with Gasteiger partial charge in [-0.3, -0.25) is 0 Å². The third kappa shape index (κ3) is 6.01. The summed E-state index contributed by atoms with van der Waals surface area (Å²) in [7, 11) is -2.91. The van der Waals surface area contributed by atoms with Crippen LogP contribution in [0.3, 0.4) is 0 Å². The van der Waals surface area contributed by atoms with Crippen molar-refractivity contribution in [3.8, 4) is 0 Å². The predicted molar refractivity (Wildman–Crippen MR) is 55.4 cm³/mol. The van der Waals surface area contributed by atoms with Crippen LogP contribution in [0.25, 0.3) is 0 Å². The van der Waals surface area contributed by atoms with Gasteiger partial charge in [-0.05, 0) is 26.8 Å². The standard InChI is InChI=1S/C8H20N2O2S/c1-7(4-5-9)10-6-8(2)13(3,11)12/h7-8,10H,4-6,9H2,1-3H3. The van der Waals surface area contributed by atoms with Crippen molar-refractivity contribution in [2.75, 3.05) is 19.3 Å². The molecule has 0 saturated heterocycles. The molecule has 0 aliphatic heterocycles.